The van der Waals surface area contributed by atoms with E-state index in [0.717, 1.165) is 42.8 Å². The Kier molecular flexibility index (Phi) is 113. The number of rotatable bonds is 12. The lowest BCUT2D eigenvalue weighted by atomic mass is 10.3. The molecule has 3 fully saturated rings. The van der Waals surface area contributed by atoms with Gasteiger partial charge in [-0.05, 0) is 158 Å². The average molecular weight is 1740 g/mol. The fourth-order valence-electron chi connectivity index (χ4n) is 6.27. The molecule has 11 aromatic rings. The normalized spacial score (nSPS) is 12.3. The molecule has 0 bridgehead atoms. The van der Waals surface area contributed by atoms with Gasteiger partial charge in [0, 0.05) is 0 Å². The number of benzene rings is 11. The van der Waals surface area contributed by atoms with Crippen molar-refractivity contribution in [3.05, 3.63) is 334 Å². The van der Waals surface area contributed by atoms with Crippen molar-refractivity contribution in [3.8, 4) is 63.2 Å². The molecule has 0 spiro atoms. The van der Waals surface area contributed by atoms with Gasteiger partial charge in [-0.3, -0.25) is 0 Å². The van der Waals surface area contributed by atoms with E-state index in [-0.39, 0.29) is 42.4 Å². The first kappa shape index (κ1) is 132. The number of aliphatic hydroxyl groups is 4. The standard InChI is InChI=1S/4C9H12O2.7C6H6O.3C3H6O.3C3H8.5C2H6.H2O/c2*1-8(10)7-11-9-5-3-2-4-6-9;2*1-8(7-10)11-9-5-3-2-4-6-9;7*7-6-4-2-1-3-5-6;3*1-3-2-4-3;3*1-3-2;5*1-2;/h4*2-6,8,10H,7H2,1H3;7*1-5,7H;3*3H,2H2,1H3;3*3H2,1-2H3;5*1-2H3;1H2/p-2. The Bertz CT molecular complexity index is 3130. The second kappa shape index (κ2) is 107. The maximum atomic E-state index is 10.3. The third kappa shape index (κ3) is 119. The molecule has 11 aromatic carbocycles. The van der Waals surface area contributed by atoms with Crippen molar-refractivity contribution >= 4 is 0 Å². The Morgan fingerprint density at radius 2 is 0.408 bits per heavy atom. The van der Waals surface area contributed by atoms with Gasteiger partial charge in [-0.15, -0.1) is 11.5 Å². The van der Waals surface area contributed by atoms with Crippen LogP contribution in [0.2, 0.25) is 0 Å². The van der Waals surface area contributed by atoms with Gasteiger partial charge in [-0.25, -0.2) is 0 Å². The number of phenols is 5. The van der Waals surface area contributed by atoms with Gasteiger partial charge in [0.1, 0.15) is 77.2 Å². The van der Waals surface area contributed by atoms with Gasteiger partial charge in [0.15, 0.2) is 0 Å². The van der Waals surface area contributed by atoms with E-state index in [2.05, 4.69) is 62.3 Å². The zero-order chi connectivity index (χ0) is 95.3. The SMILES string of the molecule is CC.CC.CC.CC.CC.CC(CO)Oc1ccccc1.CC(CO)Oc1ccccc1.CC(O)COc1ccccc1.CC(O)COc1ccccc1.CC1CO1.CC1CO1.CC1CO1.CCC.CCC.CCC.O.Oc1ccccc1.Oc1ccccc1.Oc1ccccc1.Oc1ccccc1.Oc1ccccc1.[O-]c1ccccc1.[O-]c1ccccc1. The van der Waals surface area contributed by atoms with Crippen molar-refractivity contribution in [3.63, 3.8) is 0 Å². The van der Waals surface area contributed by atoms with Crippen molar-refractivity contribution in [2.45, 2.75) is 221 Å². The quantitative estimate of drug-likeness (QED) is 0.0513. The van der Waals surface area contributed by atoms with Gasteiger partial charge in [0.25, 0.3) is 0 Å². The Hall–Kier alpha value is -11.1. The van der Waals surface area contributed by atoms with Crippen LogP contribution in [0.1, 0.15) is 179 Å². The predicted octanol–water partition coefficient (Wildman–Crippen LogP) is 24.0. The smallest absolute Gasteiger partial charge is 0.119 e. The third-order valence-electron chi connectivity index (χ3n) is 11.9. The maximum Gasteiger partial charge on any atom is 0.119 e. The number of phenolic OH excluding ortho intramolecular Hbond substituents is 5. The molecule has 3 heterocycles. The van der Waals surface area contributed by atoms with Gasteiger partial charge in [0.2, 0.25) is 0 Å². The van der Waals surface area contributed by atoms with E-state index in [0.29, 0.717) is 60.3 Å². The van der Waals surface area contributed by atoms with Crippen LogP contribution in [-0.4, -0.2) is 140 Å². The monoisotopic (exact) mass is 1740 g/mol. The van der Waals surface area contributed by atoms with Crippen molar-refractivity contribution in [1.82, 2.24) is 0 Å². The van der Waals surface area contributed by atoms with Gasteiger partial charge in [0.05, 0.1) is 63.6 Å². The zero-order valence-electron chi connectivity index (χ0n) is 79.6. The van der Waals surface area contributed by atoms with E-state index in [1.165, 1.54) is 43.5 Å². The average Bonchev–Trinajstić information content (AvgIpc) is 1.92. The summed E-state index contributed by atoms with van der Waals surface area (Å²) in [5.41, 5.74) is 0. The summed E-state index contributed by atoms with van der Waals surface area (Å²) in [6.45, 7) is 49.7. The molecule has 19 heteroatoms. The lowest BCUT2D eigenvalue weighted by Crippen LogP contribution is -2.15. The molecule has 7 unspecified atom stereocenters. The molecule has 0 saturated carbocycles. The van der Waals surface area contributed by atoms with Gasteiger partial charge < -0.3 is 94.8 Å². The minimum atomic E-state index is -0.407. The summed E-state index contributed by atoms with van der Waals surface area (Å²) in [7, 11) is 0. The Labute approximate surface area is 755 Å². The molecule has 0 aromatic heterocycles. The molecule has 3 aliphatic heterocycles. The molecule has 0 aliphatic carbocycles. The van der Waals surface area contributed by atoms with Crippen molar-refractivity contribution in [1.29, 1.82) is 0 Å². The van der Waals surface area contributed by atoms with Crippen LogP contribution in [0.5, 0.6) is 63.2 Å². The summed E-state index contributed by atoms with van der Waals surface area (Å²) in [5, 5.41) is 98.8. The summed E-state index contributed by atoms with van der Waals surface area (Å²) in [4.78, 5) is 0. The van der Waals surface area contributed by atoms with Crippen LogP contribution in [0.25, 0.3) is 0 Å². The van der Waals surface area contributed by atoms with E-state index in [1.807, 2.05) is 247 Å². The summed E-state index contributed by atoms with van der Waals surface area (Å²) in [6, 6.07) is 98.1. The summed E-state index contributed by atoms with van der Waals surface area (Å²) < 4.78 is 35.2. The number of aliphatic hydroxyl groups excluding tert-OH is 4. The van der Waals surface area contributed by atoms with Crippen molar-refractivity contribution in [2.24, 2.45) is 0 Å². The molecule has 3 saturated heterocycles. The number of aromatic hydroxyl groups is 5. The van der Waals surface area contributed by atoms with Gasteiger partial charge >= 0.3 is 0 Å². The zero-order valence-corrected chi connectivity index (χ0v) is 79.6. The Morgan fingerprint density at radius 1 is 0.280 bits per heavy atom. The molecule has 11 N–H and O–H groups in total. The summed E-state index contributed by atoms with van der Waals surface area (Å²) >= 11 is 0. The van der Waals surface area contributed by atoms with Gasteiger partial charge in [-0.2, -0.15) is 0 Å². The van der Waals surface area contributed by atoms with Crippen LogP contribution < -0.4 is 29.2 Å². The molecule has 19 nitrogen and oxygen atoms in total. The van der Waals surface area contributed by atoms with E-state index in [4.69, 9.17) is 79.1 Å². The second-order valence-corrected chi connectivity index (χ2v) is 24.7. The highest BCUT2D eigenvalue weighted by Gasteiger charge is 2.14. The fraction of sp³-hybridized carbons (Fsp3) is 0.377. The Balaban J connectivity index is -0.000000164. The first-order valence-corrected chi connectivity index (χ1v) is 43.3. The fourth-order valence-corrected chi connectivity index (χ4v) is 6.27. The first-order valence-electron chi connectivity index (χ1n) is 43.3. The summed E-state index contributed by atoms with van der Waals surface area (Å²) in [6.07, 6.45) is 4.43. The maximum absolute atomic E-state index is 10.3. The number of hydrogen-bond acceptors (Lipinski definition) is 18. The van der Waals surface area contributed by atoms with E-state index >= 15 is 0 Å². The highest BCUT2D eigenvalue weighted by atomic mass is 16.6. The molecular weight excluding hydrogens is 1580 g/mol. The number of para-hydroxylation sites is 11. The van der Waals surface area contributed by atoms with E-state index in [9.17, 15) is 10.2 Å². The number of ether oxygens (including phenoxy) is 7. The van der Waals surface area contributed by atoms with Crippen LogP contribution in [0.15, 0.2) is 334 Å². The molecule has 14 rings (SSSR count). The molecule has 7 atom stereocenters. The third-order valence-corrected chi connectivity index (χ3v) is 11.9. The lowest BCUT2D eigenvalue weighted by Gasteiger charge is -2.10. The van der Waals surface area contributed by atoms with Crippen LogP contribution in [-0.2, 0) is 14.2 Å². The van der Waals surface area contributed by atoms with Crippen molar-refractivity contribution < 1.29 is 94.8 Å². The summed E-state index contributed by atoms with van der Waals surface area (Å²) in [5.74, 6) is 4.95. The highest BCUT2D eigenvalue weighted by molar-refractivity contribution is 5.26. The lowest BCUT2D eigenvalue weighted by molar-refractivity contribution is -0.269. The number of epoxide rings is 3. The van der Waals surface area contributed by atoms with Gasteiger partial charge in [-0.1, -0.05) is 354 Å². The highest BCUT2D eigenvalue weighted by Crippen LogP contribution is 2.14. The molecule has 3 aliphatic rings. The van der Waals surface area contributed by atoms with Crippen LogP contribution >= 0.6 is 0 Å². The molecule has 125 heavy (non-hydrogen) atoms. The Morgan fingerprint density at radius 3 is 0.504 bits per heavy atom. The first-order chi connectivity index (χ1) is 59.9. The molecule has 0 radical (unpaired) electrons. The van der Waals surface area contributed by atoms with Crippen molar-refractivity contribution in [2.75, 3.05) is 46.2 Å². The van der Waals surface area contributed by atoms with E-state index in [1.54, 1.807) is 159 Å². The minimum absolute atomic E-state index is 0. The van der Waals surface area contributed by atoms with Crippen LogP contribution in [0.4, 0.5) is 0 Å². The van der Waals surface area contributed by atoms with Crippen LogP contribution in [0.3, 0.4) is 0 Å². The molecule has 702 valence electrons. The van der Waals surface area contributed by atoms with E-state index < -0.39 is 12.2 Å². The molecule has 0 amide bonds. The number of hydrogen-bond donors (Lipinski definition) is 9. The minimum Gasteiger partial charge on any atom is -0.872 e. The topological polar surface area (TPSA) is 334 Å². The predicted molar refractivity (Wildman–Crippen MR) is 521 cm³/mol. The second-order valence-electron chi connectivity index (χ2n) is 24.7. The van der Waals surface area contributed by atoms with Crippen LogP contribution in [0, 0.1) is 0 Å². The largest absolute Gasteiger partial charge is 0.872 e. The molecular formula is C106H162O19-2.